The van der Waals surface area contributed by atoms with Gasteiger partial charge in [-0.3, -0.25) is 9.48 Å². The number of aromatic nitrogens is 2. The van der Waals surface area contributed by atoms with E-state index in [4.69, 9.17) is 0 Å². The van der Waals surface area contributed by atoms with Crippen molar-refractivity contribution >= 4 is 22.3 Å². The molecule has 35 heavy (non-hydrogen) atoms. The molecular formula is C27H36N4O3S. The predicted molar refractivity (Wildman–Crippen MR) is 142 cm³/mol. The van der Waals surface area contributed by atoms with E-state index in [1.807, 2.05) is 91.4 Å². The molecule has 1 aromatic heterocycles. The number of hydrogen-bond acceptors (Lipinski definition) is 5. The lowest BCUT2D eigenvalue weighted by Crippen LogP contribution is -2.25. The Labute approximate surface area is 210 Å². The van der Waals surface area contributed by atoms with Gasteiger partial charge in [-0.15, -0.1) is 0 Å². The molecule has 0 saturated heterocycles. The molecule has 2 aromatic carbocycles. The third-order valence-electron chi connectivity index (χ3n) is 5.98. The number of nitrogens with zero attached hydrogens (tertiary/aromatic N) is 3. The van der Waals surface area contributed by atoms with Crippen LogP contribution in [0.25, 0.3) is 11.1 Å². The van der Waals surface area contributed by atoms with Gasteiger partial charge in [0, 0.05) is 31.0 Å². The van der Waals surface area contributed by atoms with Crippen molar-refractivity contribution in [1.29, 1.82) is 0 Å². The summed E-state index contributed by atoms with van der Waals surface area (Å²) in [5, 5.41) is 5.82. The molecule has 3 aromatic rings. The molecule has 8 heteroatoms. The van der Waals surface area contributed by atoms with Crippen molar-refractivity contribution in [2.45, 2.75) is 51.3 Å². The lowest BCUT2D eigenvalue weighted by molar-refractivity contribution is -0.115. The quantitative estimate of drug-likeness (QED) is 0.420. The fourth-order valence-corrected chi connectivity index (χ4v) is 5.07. The topological polar surface area (TPSA) is 84.3 Å². The molecule has 1 unspecified atom stereocenters. The number of hydrogen-bond donors (Lipinski definition) is 2. The highest BCUT2D eigenvalue weighted by molar-refractivity contribution is 7.73. The van der Waals surface area contributed by atoms with Gasteiger partial charge < -0.3 is 10.2 Å². The molecule has 1 N–H and O–H groups in total. The molecule has 0 aliphatic carbocycles. The van der Waals surface area contributed by atoms with Gasteiger partial charge in [0.1, 0.15) is 0 Å². The first-order valence-corrected chi connectivity index (χ1v) is 13.1. The minimum Gasteiger partial charge on any atom is -0.325 e. The zero-order valence-electron chi connectivity index (χ0n) is 21.6. The Kier molecular flexibility index (Phi) is 8.51. The van der Waals surface area contributed by atoms with Crippen LogP contribution in [-0.4, -0.2) is 43.1 Å². The highest BCUT2D eigenvalue weighted by Crippen LogP contribution is 2.38. The van der Waals surface area contributed by atoms with Crippen molar-refractivity contribution < 1.29 is 13.2 Å². The maximum Gasteiger partial charge on any atom is 0.247 e. The number of anilines is 1. The van der Waals surface area contributed by atoms with Crippen molar-refractivity contribution in [2.75, 3.05) is 19.4 Å². The fourth-order valence-electron chi connectivity index (χ4n) is 4.31. The molecule has 0 aliphatic rings. The van der Waals surface area contributed by atoms with Crippen LogP contribution >= 0.6 is 0 Å². The third kappa shape index (κ3) is 6.38. The Bertz CT molecular complexity index is 1220. The highest BCUT2D eigenvalue weighted by Gasteiger charge is 2.31. The van der Waals surface area contributed by atoms with Gasteiger partial charge in [-0.1, -0.05) is 52.0 Å². The van der Waals surface area contributed by atoms with Gasteiger partial charge in [0.15, 0.2) is 16.0 Å². The molecule has 188 valence electrons. The normalized spacial score (nSPS) is 12.7. The summed E-state index contributed by atoms with van der Waals surface area (Å²) in [4.78, 5) is 15.5. The van der Waals surface area contributed by atoms with E-state index in [2.05, 4.69) is 15.3 Å². The van der Waals surface area contributed by atoms with Crippen molar-refractivity contribution in [3.63, 3.8) is 0 Å². The van der Waals surface area contributed by atoms with Gasteiger partial charge in [0.2, 0.25) is 5.91 Å². The van der Waals surface area contributed by atoms with E-state index in [0.29, 0.717) is 11.3 Å². The maximum atomic E-state index is 13.4. The summed E-state index contributed by atoms with van der Waals surface area (Å²) < 4.78 is 26.9. The molecule has 1 amide bonds. The van der Waals surface area contributed by atoms with Crippen LogP contribution in [0.2, 0.25) is 0 Å². The lowest BCUT2D eigenvalue weighted by atomic mass is 9.84. The number of rotatable bonds is 9. The largest absolute Gasteiger partial charge is 0.325 e. The zero-order valence-corrected chi connectivity index (χ0v) is 22.5. The number of nitrogens with one attached hydrogen (secondary N) is 1. The first-order valence-electron chi connectivity index (χ1n) is 11.8. The van der Waals surface area contributed by atoms with Gasteiger partial charge in [0.05, 0.1) is 6.20 Å². The van der Waals surface area contributed by atoms with Crippen LogP contribution < -0.4 is 5.32 Å². The Morgan fingerprint density at radius 1 is 1.00 bits per heavy atom. The fraction of sp³-hybridized carbons (Fsp3) is 0.407. The molecule has 0 saturated carbocycles. The molecule has 3 rings (SSSR count). The van der Waals surface area contributed by atoms with E-state index in [-0.39, 0.29) is 11.8 Å². The van der Waals surface area contributed by atoms with Gasteiger partial charge >= 0.3 is 0 Å². The van der Waals surface area contributed by atoms with Crippen LogP contribution in [0.3, 0.4) is 0 Å². The van der Waals surface area contributed by atoms with Crippen LogP contribution in [0, 0.1) is 0 Å². The predicted octanol–water partition coefficient (Wildman–Crippen LogP) is 4.69. The molecular weight excluding hydrogens is 460 g/mol. The van der Waals surface area contributed by atoms with E-state index in [0.717, 1.165) is 34.4 Å². The third-order valence-corrected chi connectivity index (χ3v) is 6.89. The molecule has 7 nitrogen and oxygen atoms in total. The molecule has 0 spiro atoms. The Morgan fingerprint density at radius 2 is 1.57 bits per heavy atom. The van der Waals surface area contributed by atoms with Crippen LogP contribution in [0.5, 0.6) is 0 Å². The standard InChI is InChI=1S/C27H36N4O3S/c1-17(2)23-12-20(21-14-28-31(7)16-21)13-24(18(3)4)25(23)26(35(33)34)27(32)29-22-10-8-19(9-11-22)15-30(5)6/h8-14,16-18,26,35H,15H2,1-7H3,(H,29,32). The average molecular weight is 497 g/mol. The molecule has 1 heterocycles. The van der Waals surface area contributed by atoms with Gasteiger partial charge in [0.25, 0.3) is 0 Å². The number of thiol groups is 1. The summed E-state index contributed by atoms with van der Waals surface area (Å²) in [6, 6.07) is 11.5. The summed E-state index contributed by atoms with van der Waals surface area (Å²) >= 11 is 0. The van der Waals surface area contributed by atoms with Crippen molar-refractivity contribution in [2.24, 2.45) is 7.05 Å². The van der Waals surface area contributed by atoms with Gasteiger partial charge in [-0.2, -0.15) is 5.10 Å². The van der Waals surface area contributed by atoms with Gasteiger partial charge in [-0.05, 0) is 65.9 Å². The maximum absolute atomic E-state index is 13.4. The lowest BCUT2D eigenvalue weighted by Gasteiger charge is -2.25. The van der Waals surface area contributed by atoms with Crippen molar-refractivity contribution in [3.8, 4) is 11.1 Å². The minimum absolute atomic E-state index is 0.0229. The highest BCUT2D eigenvalue weighted by atomic mass is 32.2. The summed E-state index contributed by atoms with van der Waals surface area (Å²) in [7, 11) is 2.77. The van der Waals surface area contributed by atoms with Crippen molar-refractivity contribution in [1.82, 2.24) is 14.7 Å². The van der Waals surface area contributed by atoms with E-state index >= 15 is 0 Å². The Balaban J connectivity index is 2.06. The summed E-state index contributed by atoms with van der Waals surface area (Å²) in [5.74, 6) is -0.497. The second-order valence-electron chi connectivity index (χ2n) is 9.89. The number of amides is 1. The first kappa shape index (κ1) is 26.6. The van der Waals surface area contributed by atoms with Crippen molar-refractivity contribution in [3.05, 3.63) is 71.0 Å². The molecule has 1 atom stereocenters. The first-order chi connectivity index (χ1) is 16.5. The zero-order chi connectivity index (χ0) is 25.9. The smallest absolute Gasteiger partial charge is 0.247 e. The monoisotopic (exact) mass is 496 g/mol. The van der Waals surface area contributed by atoms with Crippen LogP contribution in [0.1, 0.15) is 67.0 Å². The summed E-state index contributed by atoms with van der Waals surface area (Å²) in [5.41, 5.74) is 5.89. The second-order valence-corrected chi connectivity index (χ2v) is 11.0. The second kappa shape index (κ2) is 11.2. The molecule has 0 bridgehead atoms. The number of carbonyl (C=O) groups excluding carboxylic acids is 1. The molecule has 0 aliphatic heterocycles. The van der Waals surface area contributed by atoms with E-state index in [1.54, 1.807) is 10.9 Å². The summed E-state index contributed by atoms with van der Waals surface area (Å²) in [6.45, 7) is 8.86. The number of carbonyl (C=O) groups is 1. The minimum atomic E-state index is -3.07. The van der Waals surface area contributed by atoms with Crippen LogP contribution in [-0.2, 0) is 29.1 Å². The number of aryl methyl sites for hydroxylation is 1. The Hall–Kier alpha value is -2.97. The average Bonchev–Trinajstić information content (AvgIpc) is 3.20. The SMILES string of the molecule is CC(C)c1cc(-c2cnn(C)c2)cc(C(C)C)c1C(C(=O)Nc1ccc(CN(C)C)cc1)[SH](=O)=O. The Morgan fingerprint density at radius 3 is 2.00 bits per heavy atom. The van der Waals surface area contributed by atoms with E-state index < -0.39 is 21.9 Å². The molecule has 0 fully saturated rings. The van der Waals surface area contributed by atoms with E-state index in [9.17, 15) is 13.2 Å². The molecule has 0 radical (unpaired) electrons. The summed E-state index contributed by atoms with van der Waals surface area (Å²) in [6.07, 6.45) is 3.73. The van der Waals surface area contributed by atoms with Crippen LogP contribution in [0.4, 0.5) is 5.69 Å². The van der Waals surface area contributed by atoms with Crippen LogP contribution in [0.15, 0.2) is 48.8 Å². The van der Waals surface area contributed by atoms with E-state index in [1.165, 1.54) is 0 Å². The van der Waals surface area contributed by atoms with Gasteiger partial charge in [-0.25, -0.2) is 8.42 Å². The number of benzene rings is 2.